The third-order valence-corrected chi connectivity index (χ3v) is 4.33. The van der Waals surface area contributed by atoms with Crippen LogP contribution < -0.4 is 0 Å². The summed E-state index contributed by atoms with van der Waals surface area (Å²) in [5.41, 5.74) is 1.81. The van der Waals surface area contributed by atoms with Gasteiger partial charge in [-0.2, -0.15) is 0 Å². The van der Waals surface area contributed by atoms with Crippen molar-refractivity contribution in [2.75, 3.05) is 13.1 Å². The predicted octanol–water partition coefficient (Wildman–Crippen LogP) is 3.46. The number of carbonyl (C=O) groups is 1. The van der Waals surface area contributed by atoms with E-state index in [1.54, 1.807) is 30.5 Å². The highest BCUT2D eigenvalue weighted by molar-refractivity contribution is 6.29. The van der Waals surface area contributed by atoms with Gasteiger partial charge in [-0.25, -0.2) is 4.98 Å². The number of carbonyl (C=O) groups excluding carboxylic acids is 1. The lowest BCUT2D eigenvalue weighted by Gasteiger charge is -2.32. The van der Waals surface area contributed by atoms with Crippen LogP contribution in [0, 0.1) is 0 Å². The number of aromatic nitrogens is 1. The minimum atomic E-state index is 0.00783. The maximum Gasteiger partial charge on any atom is 0.254 e. The number of hydrogen-bond acceptors (Lipinski definition) is 3. The van der Waals surface area contributed by atoms with Crippen LogP contribution in [0.1, 0.15) is 34.7 Å². The fourth-order valence-electron chi connectivity index (χ4n) is 2.88. The van der Waals surface area contributed by atoms with Crippen molar-refractivity contribution in [2.45, 2.75) is 18.8 Å². The van der Waals surface area contributed by atoms with E-state index >= 15 is 0 Å². The molecule has 1 amide bonds. The van der Waals surface area contributed by atoms with E-state index in [2.05, 4.69) is 4.98 Å². The molecule has 0 atom stereocenters. The lowest BCUT2D eigenvalue weighted by atomic mass is 9.89. The van der Waals surface area contributed by atoms with E-state index in [0.29, 0.717) is 16.6 Å². The van der Waals surface area contributed by atoms with E-state index < -0.39 is 0 Å². The molecule has 1 fully saturated rings. The molecule has 0 bridgehead atoms. The highest BCUT2D eigenvalue weighted by atomic mass is 35.5. The van der Waals surface area contributed by atoms with Gasteiger partial charge in [-0.15, -0.1) is 0 Å². The Morgan fingerprint density at radius 2 is 1.86 bits per heavy atom. The Morgan fingerprint density at radius 1 is 1.18 bits per heavy atom. The molecule has 4 nitrogen and oxygen atoms in total. The van der Waals surface area contributed by atoms with Gasteiger partial charge in [0.15, 0.2) is 0 Å². The summed E-state index contributed by atoms with van der Waals surface area (Å²) >= 11 is 5.84. The minimum Gasteiger partial charge on any atom is -0.508 e. The fourth-order valence-corrected chi connectivity index (χ4v) is 3.05. The number of likely N-dealkylation sites (tertiary alicyclic amines) is 1. The Hall–Kier alpha value is -2.07. The number of aromatic hydroxyl groups is 1. The number of pyridine rings is 1. The highest BCUT2D eigenvalue weighted by Gasteiger charge is 2.24. The van der Waals surface area contributed by atoms with Crippen molar-refractivity contribution >= 4 is 17.5 Å². The zero-order chi connectivity index (χ0) is 15.5. The number of rotatable bonds is 2. The van der Waals surface area contributed by atoms with E-state index in [0.717, 1.165) is 25.9 Å². The van der Waals surface area contributed by atoms with Crippen LogP contribution in [0.3, 0.4) is 0 Å². The first-order valence-electron chi connectivity index (χ1n) is 7.33. The van der Waals surface area contributed by atoms with Crippen molar-refractivity contribution in [3.8, 4) is 5.75 Å². The standard InChI is InChI=1S/C17H17ClN2O2/c18-16-11-14(5-8-19-16)17(22)20-9-6-13(7-10-20)12-1-3-15(21)4-2-12/h1-5,8,11,13,21H,6-7,9-10H2. The van der Waals surface area contributed by atoms with Crippen molar-refractivity contribution in [3.63, 3.8) is 0 Å². The van der Waals surface area contributed by atoms with Crippen molar-refractivity contribution in [1.82, 2.24) is 9.88 Å². The zero-order valence-corrected chi connectivity index (χ0v) is 12.8. The van der Waals surface area contributed by atoms with Crippen molar-refractivity contribution in [1.29, 1.82) is 0 Å². The maximum absolute atomic E-state index is 12.4. The van der Waals surface area contributed by atoms with E-state index in [1.165, 1.54) is 5.56 Å². The average molecular weight is 317 g/mol. The van der Waals surface area contributed by atoms with E-state index in [1.807, 2.05) is 17.0 Å². The normalized spacial score (nSPS) is 15.8. The molecule has 22 heavy (non-hydrogen) atoms. The molecule has 1 saturated heterocycles. The predicted molar refractivity (Wildman–Crippen MR) is 85.2 cm³/mol. The summed E-state index contributed by atoms with van der Waals surface area (Å²) < 4.78 is 0. The van der Waals surface area contributed by atoms with Crippen LogP contribution in [0.5, 0.6) is 5.75 Å². The van der Waals surface area contributed by atoms with Crippen molar-refractivity contribution < 1.29 is 9.90 Å². The third kappa shape index (κ3) is 3.22. The third-order valence-electron chi connectivity index (χ3n) is 4.12. The molecule has 0 radical (unpaired) electrons. The number of nitrogens with zero attached hydrogens (tertiary/aromatic N) is 2. The van der Waals surface area contributed by atoms with Crippen molar-refractivity contribution in [2.24, 2.45) is 0 Å². The van der Waals surface area contributed by atoms with Gasteiger partial charge in [0, 0.05) is 24.8 Å². The lowest BCUT2D eigenvalue weighted by Crippen LogP contribution is -2.37. The largest absolute Gasteiger partial charge is 0.508 e. The smallest absolute Gasteiger partial charge is 0.254 e. The number of piperidine rings is 1. The van der Waals surface area contributed by atoms with Gasteiger partial charge >= 0.3 is 0 Å². The molecule has 114 valence electrons. The molecule has 0 aliphatic carbocycles. The molecule has 3 rings (SSSR count). The Morgan fingerprint density at radius 3 is 2.50 bits per heavy atom. The number of amides is 1. The molecule has 2 heterocycles. The number of benzene rings is 1. The first-order valence-corrected chi connectivity index (χ1v) is 7.71. The number of hydrogen-bond donors (Lipinski definition) is 1. The average Bonchev–Trinajstić information content (AvgIpc) is 2.55. The summed E-state index contributed by atoms with van der Waals surface area (Å²) in [4.78, 5) is 18.2. The number of phenols is 1. The highest BCUT2D eigenvalue weighted by Crippen LogP contribution is 2.29. The van der Waals surface area contributed by atoms with Crippen LogP contribution in [0.2, 0.25) is 5.15 Å². The van der Waals surface area contributed by atoms with Gasteiger partial charge in [0.05, 0.1) is 0 Å². The molecular weight excluding hydrogens is 300 g/mol. The van der Waals surface area contributed by atoms with E-state index in [9.17, 15) is 9.90 Å². The molecule has 5 heteroatoms. The van der Waals surface area contributed by atoms with Crippen LogP contribution >= 0.6 is 11.6 Å². The molecule has 0 saturated carbocycles. The maximum atomic E-state index is 12.4. The number of halogens is 1. The Kier molecular flexibility index (Phi) is 4.29. The molecule has 2 aromatic rings. The Labute approximate surface area is 134 Å². The molecule has 1 aliphatic rings. The molecule has 0 unspecified atom stereocenters. The molecule has 1 aromatic carbocycles. The van der Waals surface area contributed by atoms with Crippen LogP contribution in [-0.4, -0.2) is 34.0 Å². The van der Waals surface area contributed by atoms with Crippen LogP contribution in [0.15, 0.2) is 42.6 Å². The summed E-state index contributed by atoms with van der Waals surface area (Å²) in [6.45, 7) is 1.45. The van der Waals surface area contributed by atoms with Gasteiger partial charge in [-0.3, -0.25) is 4.79 Å². The summed E-state index contributed by atoms with van der Waals surface area (Å²) in [5, 5.41) is 9.69. The monoisotopic (exact) mass is 316 g/mol. The van der Waals surface area contributed by atoms with Gasteiger partial charge in [0.2, 0.25) is 0 Å². The summed E-state index contributed by atoms with van der Waals surface area (Å²) in [6, 6.07) is 10.6. The second-order valence-electron chi connectivity index (χ2n) is 5.53. The number of phenolic OH excluding ortho intramolecular Hbond substituents is 1. The molecule has 0 spiro atoms. The zero-order valence-electron chi connectivity index (χ0n) is 12.1. The van der Waals surface area contributed by atoms with Gasteiger partial charge < -0.3 is 10.0 Å². The minimum absolute atomic E-state index is 0.00783. The van der Waals surface area contributed by atoms with Gasteiger partial charge in [0.1, 0.15) is 10.9 Å². The SMILES string of the molecule is O=C(c1ccnc(Cl)c1)N1CCC(c2ccc(O)cc2)CC1. The van der Waals surface area contributed by atoms with E-state index in [4.69, 9.17) is 11.6 Å². The Balaban J connectivity index is 1.64. The molecule has 1 aromatic heterocycles. The first-order chi connectivity index (χ1) is 10.6. The summed E-state index contributed by atoms with van der Waals surface area (Å²) in [6.07, 6.45) is 3.41. The second kappa shape index (κ2) is 6.36. The fraction of sp³-hybridized carbons (Fsp3) is 0.294. The van der Waals surface area contributed by atoms with Crippen LogP contribution in [0.25, 0.3) is 0 Å². The summed E-state index contributed by atoms with van der Waals surface area (Å²) in [7, 11) is 0. The van der Waals surface area contributed by atoms with Gasteiger partial charge in [-0.1, -0.05) is 23.7 Å². The molecule has 1 N–H and O–H groups in total. The topological polar surface area (TPSA) is 53.4 Å². The van der Waals surface area contributed by atoms with Gasteiger partial charge in [0.25, 0.3) is 5.91 Å². The second-order valence-corrected chi connectivity index (χ2v) is 5.91. The van der Waals surface area contributed by atoms with Crippen LogP contribution in [-0.2, 0) is 0 Å². The lowest BCUT2D eigenvalue weighted by molar-refractivity contribution is 0.0713. The Bertz CT molecular complexity index is 665. The van der Waals surface area contributed by atoms with E-state index in [-0.39, 0.29) is 11.7 Å². The molecular formula is C17H17ClN2O2. The van der Waals surface area contributed by atoms with Gasteiger partial charge in [-0.05, 0) is 48.6 Å². The molecule has 1 aliphatic heterocycles. The summed E-state index contributed by atoms with van der Waals surface area (Å²) in [5.74, 6) is 0.727. The first kappa shape index (κ1) is 14.9. The van der Waals surface area contributed by atoms with Crippen molar-refractivity contribution in [3.05, 3.63) is 58.9 Å². The van der Waals surface area contributed by atoms with Crippen LogP contribution in [0.4, 0.5) is 0 Å². The quantitative estimate of drug-likeness (QED) is 0.863.